The third-order valence-corrected chi connectivity index (χ3v) is 5.28. The topological polar surface area (TPSA) is 70.8 Å². The first-order chi connectivity index (χ1) is 13.5. The number of carbonyl (C=O) groups is 2. The normalized spacial score (nSPS) is 18.5. The Morgan fingerprint density at radius 2 is 2.00 bits per heavy atom. The maximum Gasteiger partial charge on any atom is 0.151 e. The quantitative estimate of drug-likeness (QED) is 0.608. The Morgan fingerprint density at radius 1 is 1.21 bits per heavy atom. The standard InChI is InChI=1S/C24H22N2O2/c1-4-6-16-9-15(3)22(18(5-2)10-16)23-21(27)12-19(24(23)28)11-20-8-7-17(13-25)14-26-20/h7-10,14,19,23H,5,11-12H2,1-3H3. The Labute approximate surface area is 165 Å². The van der Waals surface area contributed by atoms with Crippen LogP contribution in [-0.4, -0.2) is 16.6 Å². The fourth-order valence-corrected chi connectivity index (χ4v) is 3.99. The van der Waals surface area contributed by atoms with Crippen molar-refractivity contribution in [3.8, 4) is 17.9 Å². The Balaban J connectivity index is 1.91. The summed E-state index contributed by atoms with van der Waals surface area (Å²) < 4.78 is 0. The van der Waals surface area contributed by atoms with Gasteiger partial charge in [-0.15, -0.1) is 5.92 Å². The van der Waals surface area contributed by atoms with Crippen LogP contribution < -0.4 is 0 Å². The summed E-state index contributed by atoms with van der Waals surface area (Å²) in [4.78, 5) is 30.2. The fourth-order valence-electron chi connectivity index (χ4n) is 3.99. The van der Waals surface area contributed by atoms with Gasteiger partial charge in [-0.3, -0.25) is 14.6 Å². The number of benzene rings is 1. The molecule has 0 radical (unpaired) electrons. The largest absolute Gasteiger partial charge is 0.298 e. The maximum absolute atomic E-state index is 13.1. The fraction of sp³-hybridized carbons (Fsp3) is 0.333. The number of rotatable bonds is 4. The van der Waals surface area contributed by atoms with E-state index in [1.807, 2.05) is 32.0 Å². The van der Waals surface area contributed by atoms with E-state index >= 15 is 0 Å². The third kappa shape index (κ3) is 3.73. The summed E-state index contributed by atoms with van der Waals surface area (Å²) in [6.45, 7) is 5.77. The van der Waals surface area contributed by atoms with Crippen LogP contribution in [0.25, 0.3) is 0 Å². The molecule has 1 fully saturated rings. The van der Waals surface area contributed by atoms with Gasteiger partial charge in [0.05, 0.1) is 5.56 Å². The number of hydrogen-bond acceptors (Lipinski definition) is 4. The summed E-state index contributed by atoms with van der Waals surface area (Å²) in [5.41, 5.74) is 4.94. The molecular formula is C24H22N2O2. The third-order valence-electron chi connectivity index (χ3n) is 5.28. The molecule has 0 aliphatic heterocycles. The number of Topliss-reactive ketones (excluding diaryl/α,β-unsaturated/α-hetero) is 2. The van der Waals surface area contributed by atoms with Crippen molar-refractivity contribution in [2.75, 3.05) is 0 Å². The number of hydrogen-bond donors (Lipinski definition) is 0. The van der Waals surface area contributed by atoms with Crippen molar-refractivity contribution in [1.82, 2.24) is 4.98 Å². The average Bonchev–Trinajstić information content (AvgIpc) is 2.95. The second kappa shape index (κ2) is 8.19. The smallest absolute Gasteiger partial charge is 0.151 e. The van der Waals surface area contributed by atoms with E-state index < -0.39 is 5.92 Å². The molecule has 0 N–H and O–H groups in total. The van der Waals surface area contributed by atoms with Gasteiger partial charge in [0.2, 0.25) is 0 Å². The molecule has 0 bridgehead atoms. The highest BCUT2D eigenvalue weighted by molar-refractivity contribution is 6.15. The Morgan fingerprint density at radius 3 is 2.61 bits per heavy atom. The SMILES string of the molecule is CC#Cc1cc(C)c(C2C(=O)CC(Cc3ccc(C#N)cn3)C2=O)c(CC)c1. The summed E-state index contributed by atoms with van der Waals surface area (Å²) in [6, 6.07) is 9.43. The van der Waals surface area contributed by atoms with Gasteiger partial charge in [-0.1, -0.05) is 12.8 Å². The Hall–Kier alpha value is -3.24. The van der Waals surface area contributed by atoms with Crippen molar-refractivity contribution in [1.29, 1.82) is 5.26 Å². The molecule has 0 amide bonds. The van der Waals surface area contributed by atoms with E-state index in [0.29, 0.717) is 12.0 Å². The van der Waals surface area contributed by atoms with Crippen molar-refractivity contribution in [3.63, 3.8) is 0 Å². The monoisotopic (exact) mass is 370 g/mol. The number of ketones is 2. The van der Waals surface area contributed by atoms with Gasteiger partial charge in [-0.25, -0.2) is 0 Å². The summed E-state index contributed by atoms with van der Waals surface area (Å²) >= 11 is 0. The number of aromatic nitrogens is 1. The van der Waals surface area contributed by atoms with Gasteiger partial charge in [0, 0.05) is 29.8 Å². The van der Waals surface area contributed by atoms with Crippen molar-refractivity contribution >= 4 is 11.6 Å². The number of nitriles is 1. The first-order valence-corrected chi connectivity index (χ1v) is 9.46. The number of carbonyl (C=O) groups excluding carboxylic acids is 2. The first-order valence-electron chi connectivity index (χ1n) is 9.46. The molecular weight excluding hydrogens is 348 g/mol. The van der Waals surface area contributed by atoms with Crippen LogP contribution >= 0.6 is 0 Å². The van der Waals surface area contributed by atoms with E-state index in [-0.39, 0.29) is 23.9 Å². The molecule has 2 aromatic rings. The predicted octanol–water partition coefficient (Wildman–Crippen LogP) is 3.68. The van der Waals surface area contributed by atoms with Crippen LogP contribution in [0.2, 0.25) is 0 Å². The molecule has 1 aliphatic rings. The molecule has 140 valence electrons. The van der Waals surface area contributed by atoms with Crippen molar-refractivity contribution < 1.29 is 9.59 Å². The van der Waals surface area contributed by atoms with E-state index in [4.69, 9.17) is 5.26 Å². The zero-order valence-corrected chi connectivity index (χ0v) is 16.4. The van der Waals surface area contributed by atoms with Crippen LogP contribution in [0.5, 0.6) is 0 Å². The molecule has 1 aliphatic carbocycles. The molecule has 4 nitrogen and oxygen atoms in total. The molecule has 1 saturated carbocycles. The molecule has 1 aromatic heterocycles. The summed E-state index contributed by atoms with van der Waals surface area (Å²) in [5.74, 6) is 4.86. The van der Waals surface area contributed by atoms with Crippen molar-refractivity contribution in [2.24, 2.45) is 5.92 Å². The first kappa shape index (κ1) is 19.5. The van der Waals surface area contributed by atoms with Gasteiger partial charge in [-0.05, 0) is 67.6 Å². The highest BCUT2D eigenvalue weighted by atomic mass is 16.2. The minimum Gasteiger partial charge on any atom is -0.298 e. The predicted molar refractivity (Wildman–Crippen MR) is 107 cm³/mol. The molecule has 0 saturated heterocycles. The number of aryl methyl sites for hydroxylation is 2. The zero-order valence-electron chi connectivity index (χ0n) is 16.4. The molecule has 4 heteroatoms. The van der Waals surface area contributed by atoms with Gasteiger partial charge in [-0.2, -0.15) is 5.26 Å². The number of pyridine rings is 1. The zero-order chi connectivity index (χ0) is 20.3. The summed E-state index contributed by atoms with van der Waals surface area (Å²) in [7, 11) is 0. The van der Waals surface area contributed by atoms with Gasteiger partial charge >= 0.3 is 0 Å². The van der Waals surface area contributed by atoms with E-state index in [1.54, 1.807) is 19.1 Å². The van der Waals surface area contributed by atoms with Crippen molar-refractivity contribution in [3.05, 3.63) is 64.0 Å². The lowest BCUT2D eigenvalue weighted by Crippen LogP contribution is -2.19. The minimum atomic E-state index is -0.693. The highest BCUT2D eigenvalue weighted by Crippen LogP contribution is 2.37. The molecule has 1 aromatic carbocycles. The van der Waals surface area contributed by atoms with Crippen LogP contribution in [0.15, 0.2) is 30.5 Å². The summed E-state index contributed by atoms with van der Waals surface area (Å²) in [6.07, 6.45) is 2.91. The van der Waals surface area contributed by atoms with E-state index in [0.717, 1.165) is 34.4 Å². The Kier molecular flexibility index (Phi) is 5.71. The molecule has 3 rings (SSSR count). The summed E-state index contributed by atoms with van der Waals surface area (Å²) in [5, 5.41) is 8.88. The highest BCUT2D eigenvalue weighted by Gasteiger charge is 2.43. The van der Waals surface area contributed by atoms with Crippen LogP contribution in [0.4, 0.5) is 0 Å². The molecule has 2 unspecified atom stereocenters. The van der Waals surface area contributed by atoms with Crippen LogP contribution in [-0.2, 0) is 22.4 Å². The van der Waals surface area contributed by atoms with Crippen LogP contribution in [0.3, 0.4) is 0 Å². The lowest BCUT2D eigenvalue weighted by Gasteiger charge is -2.17. The van der Waals surface area contributed by atoms with Gasteiger partial charge in [0.1, 0.15) is 17.8 Å². The van der Waals surface area contributed by atoms with Gasteiger partial charge in [0.15, 0.2) is 5.78 Å². The second-order valence-corrected chi connectivity index (χ2v) is 7.15. The second-order valence-electron chi connectivity index (χ2n) is 7.15. The number of nitrogens with zero attached hydrogens (tertiary/aromatic N) is 2. The molecule has 0 spiro atoms. The van der Waals surface area contributed by atoms with Crippen molar-refractivity contribution in [2.45, 2.75) is 46.0 Å². The van der Waals surface area contributed by atoms with Crippen LogP contribution in [0.1, 0.15) is 59.7 Å². The maximum atomic E-state index is 13.1. The molecule has 1 heterocycles. The van der Waals surface area contributed by atoms with Gasteiger partial charge in [0.25, 0.3) is 0 Å². The van der Waals surface area contributed by atoms with E-state index in [1.165, 1.54) is 6.20 Å². The molecule has 28 heavy (non-hydrogen) atoms. The lowest BCUT2D eigenvalue weighted by atomic mass is 9.84. The van der Waals surface area contributed by atoms with Crippen LogP contribution in [0, 0.1) is 36.0 Å². The van der Waals surface area contributed by atoms with E-state index in [9.17, 15) is 9.59 Å². The minimum absolute atomic E-state index is 0.0178. The Bertz CT molecular complexity index is 1030. The lowest BCUT2D eigenvalue weighted by molar-refractivity contribution is -0.124. The average molecular weight is 370 g/mol. The van der Waals surface area contributed by atoms with E-state index in [2.05, 4.69) is 16.8 Å². The molecule has 2 atom stereocenters. The van der Waals surface area contributed by atoms with Gasteiger partial charge < -0.3 is 0 Å².